The Morgan fingerprint density at radius 3 is 2.77 bits per heavy atom. The van der Waals surface area contributed by atoms with E-state index >= 15 is 0 Å². The predicted molar refractivity (Wildman–Crippen MR) is 49.7 cm³/mol. The number of likely N-dealkylation sites (tertiary alicyclic amines) is 1. The van der Waals surface area contributed by atoms with Gasteiger partial charge in [0.15, 0.2) is 0 Å². The van der Waals surface area contributed by atoms with E-state index in [-0.39, 0.29) is 0 Å². The van der Waals surface area contributed by atoms with E-state index < -0.39 is 0 Å². The molecule has 0 saturated carbocycles. The van der Waals surface area contributed by atoms with Gasteiger partial charge in [-0.3, -0.25) is 10.6 Å². The van der Waals surface area contributed by atoms with Gasteiger partial charge >= 0.3 is 0 Å². The number of carbonyl (C=O) groups is 1. The quantitative estimate of drug-likeness (QED) is 0.580. The smallest absolute Gasteiger partial charge is 0.222 e. The maximum Gasteiger partial charge on any atom is 0.222 e. The minimum absolute atomic E-state index is 0.320. The van der Waals surface area contributed by atoms with E-state index in [0.29, 0.717) is 11.9 Å². The summed E-state index contributed by atoms with van der Waals surface area (Å²) in [6.07, 6.45) is 4.01. The summed E-state index contributed by atoms with van der Waals surface area (Å²) in [6.45, 7) is 2.77. The van der Waals surface area contributed by atoms with Crippen LogP contribution in [0.5, 0.6) is 0 Å². The Kier molecular flexibility index (Phi) is 2.51. The first-order chi connectivity index (χ1) is 6.27. The molecule has 2 fully saturated rings. The Balaban J connectivity index is 1.95. The van der Waals surface area contributed by atoms with Crippen molar-refractivity contribution in [1.82, 2.24) is 9.91 Å². The van der Waals surface area contributed by atoms with Crippen molar-refractivity contribution in [3.63, 3.8) is 0 Å². The molecule has 2 rings (SSSR count). The normalized spacial score (nSPS) is 31.3. The highest BCUT2D eigenvalue weighted by Gasteiger charge is 2.30. The molecular weight excluding hydrogens is 166 g/mol. The number of nitrogens with zero attached hydrogens (tertiary/aromatic N) is 2. The summed E-state index contributed by atoms with van der Waals surface area (Å²) in [5.74, 6) is 6.05. The number of hydrogen-bond donors (Lipinski definition) is 1. The summed E-state index contributed by atoms with van der Waals surface area (Å²) in [5.41, 5.74) is 0. The van der Waals surface area contributed by atoms with E-state index in [1.54, 1.807) is 0 Å². The van der Waals surface area contributed by atoms with Crippen molar-refractivity contribution in [3.8, 4) is 0 Å². The molecule has 0 aromatic rings. The first-order valence-corrected chi connectivity index (χ1v) is 5.06. The van der Waals surface area contributed by atoms with Gasteiger partial charge in [-0.25, -0.2) is 5.01 Å². The van der Waals surface area contributed by atoms with Crippen LogP contribution in [0.1, 0.15) is 25.7 Å². The molecule has 0 aromatic heterocycles. The summed E-state index contributed by atoms with van der Waals surface area (Å²) in [5, 5.41) is 1.83. The Bertz CT molecular complexity index is 207. The van der Waals surface area contributed by atoms with E-state index in [1.165, 1.54) is 0 Å². The number of piperidine rings is 1. The highest BCUT2D eigenvalue weighted by molar-refractivity contribution is 5.78. The summed E-state index contributed by atoms with van der Waals surface area (Å²) >= 11 is 0. The van der Waals surface area contributed by atoms with Crippen LogP contribution in [-0.4, -0.2) is 41.5 Å². The van der Waals surface area contributed by atoms with E-state index in [2.05, 4.69) is 0 Å². The fourth-order valence-corrected chi connectivity index (χ4v) is 2.29. The highest BCUT2D eigenvalue weighted by atomic mass is 16.2. The minimum atomic E-state index is 0.320. The molecule has 0 aliphatic carbocycles. The molecule has 13 heavy (non-hydrogen) atoms. The first kappa shape index (κ1) is 8.97. The van der Waals surface area contributed by atoms with Crippen LogP contribution in [0.25, 0.3) is 0 Å². The summed E-state index contributed by atoms with van der Waals surface area (Å²) in [7, 11) is 0. The summed E-state index contributed by atoms with van der Waals surface area (Å²) in [6, 6.07) is 0.383. The Morgan fingerprint density at radius 1 is 1.31 bits per heavy atom. The van der Waals surface area contributed by atoms with Gasteiger partial charge in [0.25, 0.3) is 0 Å². The molecule has 0 unspecified atom stereocenters. The minimum Gasteiger partial charge on any atom is -0.338 e. The molecule has 0 radical (unpaired) electrons. The van der Waals surface area contributed by atoms with Gasteiger partial charge in [0.05, 0.1) is 0 Å². The molecule has 1 atom stereocenters. The topological polar surface area (TPSA) is 49.6 Å². The molecule has 4 heteroatoms. The van der Waals surface area contributed by atoms with E-state index in [0.717, 1.165) is 45.3 Å². The van der Waals surface area contributed by atoms with Crippen LogP contribution in [0.2, 0.25) is 0 Å². The van der Waals surface area contributed by atoms with Crippen LogP contribution >= 0.6 is 0 Å². The number of hydrogen-bond acceptors (Lipinski definition) is 3. The van der Waals surface area contributed by atoms with Crippen LogP contribution < -0.4 is 5.84 Å². The average Bonchev–Trinajstić information content (AvgIpc) is 2.51. The zero-order valence-electron chi connectivity index (χ0n) is 7.91. The lowest BCUT2D eigenvalue weighted by molar-refractivity contribution is -0.130. The van der Waals surface area contributed by atoms with E-state index in [4.69, 9.17) is 5.84 Å². The number of amides is 1. The van der Waals surface area contributed by atoms with Gasteiger partial charge in [-0.05, 0) is 19.3 Å². The van der Waals surface area contributed by atoms with Crippen molar-refractivity contribution < 1.29 is 4.79 Å². The molecule has 2 N–H and O–H groups in total. The number of hydrazine groups is 1. The van der Waals surface area contributed by atoms with Gasteiger partial charge < -0.3 is 4.90 Å². The summed E-state index contributed by atoms with van der Waals surface area (Å²) in [4.78, 5) is 13.5. The molecule has 74 valence electrons. The summed E-state index contributed by atoms with van der Waals surface area (Å²) < 4.78 is 0. The van der Waals surface area contributed by atoms with Crippen molar-refractivity contribution in [1.29, 1.82) is 0 Å². The monoisotopic (exact) mass is 183 g/mol. The van der Waals surface area contributed by atoms with Crippen LogP contribution in [0, 0.1) is 0 Å². The van der Waals surface area contributed by atoms with Gasteiger partial charge in [0.2, 0.25) is 5.91 Å². The van der Waals surface area contributed by atoms with Gasteiger partial charge in [0, 0.05) is 32.1 Å². The maximum absolute atomic E-state index is 11.4. The average molecular weight is 183 g/mol. The predicted octanol–water partition coefficient (Wildman–Crippen LogP) is -0.0531. The number of nitrogens with two attached hydrogens (primary N) is 1. The van der Waals surface area contributed by atoms with Crippen LogP contribution in [0.3, 0.4) is 0 Å². The number of carbonyl (C=O) groups excluding carboxylic acids is 1. The largest absolute Gasteiger partial charge is 0.338 e. The second-order valence-electron chi connectivity index (χ2n) is 3.98. The maximum atomic E-state index is 11.4. The van der Waals surface area contributed by atoms with Gasteiger partial charge in [0.1, 0.15) is 0 Å². The Hall–Kier alpha value is -0.610. The first-order valence-electron chi connectivity index (χ1n) is 5.06. The SMILES string of the molecule is NN1CCC[C@H](N2CCCC2=O)C1. The Morgan fingerprint density at radius 2 is 2.15 bits per heavy atom. The third kappa shape index (κ3) is 1.84. The molecule has 0 spiro atoms. The van der Waals surface area contributed by atoms with Crippen molar-refractivity contribution >= 4 is 5.91 Å². The van der Waals surface area contributed by atoms with Crippen LogP contribution in [0.4, 0.5) is 0 Å². The lowest BCUT2D eigenvalue weighted by atomic mass is 10.1. The molecule has 4 nitrogen and oxygen atoms in total. The van der Waals surface area contributed by atoms with Crippen molar-refractivity contribution in [2.45, 2.75) is 31.7 Å². The molecule has 2 saturated heterocycles. The van der Waals surface area contributed by atoms with Gasteiger partial charge in [-0.2, -0.15) is 0 Å². The van der Waals surface area contributed by atoms with E-state index in [9.17, 15) is 4.79 Å². The number of rotatable bonds is 1. The van der Waals surface area contributed by atoms with Crippen LogP contribution in [-0.2, 0) is 4.79 Å². The lowest BCUT2D eigenvalue weighted by Gasteiger charge is -2.35. The third-order valence-corrected chi connectivity index (χ3v) is 2.98. The van der Waals surface area contributed by atoms with Crippen molar-refractivity contribution in [3.05, 3.63) is 0 Å². The third-order valence-electron chi connectivity index (χ3n) is 2.98. The van der Waals surface area contributed by atoms with Crippen molar-refractivity contribution in [2.24, 2.45) is 5.84 Å². The van der Waals surface area contributed by atoms with E-state index in [1.807, 2.05) is 9.91 Å². The molecule has 0 bridgehead atoms. The molecule has 0 aromatic carbocycles. The molecule has 1 amide bonds. The fraction of sp³-hybridized carbons (Fsp3) is 0.889. The highest BCUT2D eigenvalue weighted by Crippen LogP contribution is 2.19. The molecule has 2 heterocycles. The van der Waals surface area contributed by atoms with Gasteiger partial charge in [-0.1, -0.05) is 0 Å². The van der Waals surface area contributed by atoms with Crippen LogP contribution in [0.15, 0.2) is 0 Å². The zero-order valence-corrected chi connectivity index (χ0v) is 7.91. The fourth-order valence-electron chi connectivity index (χ4n) is 2.29. The zero-order chi connectivity index (χ0) is 9.26. The van der Waals surface area contributed by atoms with Gasteiger partial charge in [-0.15, -0.1) is 0 Å². The lowest BCUT2D eigenvalue weighted by Crippen LogP contribution is -2.50. The van der Waals surface area contributed by atoms with Crippen molar-refractivity contribution in [2.75, 3.05) is 19.6 Å². The standard InChI is InChI=1S/C9H17N3O/c10-11-5-1-3-8(7-11)12-6-2-4-9(12)13/h8H,1-7,10H2/t8-/m0/s1. The Labute approximate surface area is 78.6 Å². The molecule has 2 aliphatic heterocycles. The molecular formula is C9H17N3O. The second-order valence-corrected chi connectivity index (χ2v) is 3.98. The molecule has 2 aliphatic rings. The second kappa shape index (κ2) is 3.64.